The van der Waals surface area contributed by atoms with E-state index in [1.165, 1.54) is 0 Å². The average Bonchev–Trinajstić information content (AvgIpc) is 2.56. The molecule has 1 aromatic heterocycles. The fraction of sp³-hybridized carbons (Fsp3) is 0.333. The topological polar surface area (TPSA) is 65.5 Å². The summed E-state index contributed by atoms with van der Waals surface area (Å²) in [5, 5.41) is 13.7. The number of aryl methyl sites for hydroxylation is 1. The molecule has 1 aliphatic heterocycles. The third-order valence-corrected chi connectivity index (χ3v) is 4.84. The third-order valence-electron chi connectivity index (χ3n) is 4.34. The minimum atomic E-state index is -0.958. The van der Waals surface area contributed by atoms with E-state index in [1.54, 1.807) is 11.1 Å². The van der Waals surface area contributed by atoms with E-state index >= 15 is 0 Å². The second-order valence-corrected chi connectivity index (χ2v) is 7.10. The van der Waals surface area contributed by atoms with E-state index in [9.17, 15) is 9.90 Å². The summed E-state index contributed by atoms with van der Waals surface area (Å²) in [6.45, 7) is 2.95. The van der Waals surface area contributed by atoms with Crippen LogP contribution in [-0.4, -0.2) is 34.1 Å². The second-order valence-electron chi connectivity index (χ2n) is 6.18. The lowest BCUT2D eigenvalue weighted by Gasteiger charge is -2.37. The molecule has 1 saturated heterocycles. The number of urea groups is 1. The molecule has 2 N–H and O–H groups in total. The zero-order valence-corrected chi connectivity index (χ0v) is 15.1. The molecule has 1 aromatic carbocycles. The molecule has 2 aromatic rings. The van der Waals surface area contributed by atoms with Crippen molar-refractivity contribution in [3.8, 4) is 0 Å². The van der Waals surface area contributed by atoms with Crippen LogP contribution in [0.2, 0.25) is 0 Å². The first-order chi connectivity index (χ1) is 11.5. The Balaban J connectivity index is 1.62. The molecule has 0 saturated carbocycles. The number of hydrogen-bond acceptors (Lipinski definition) is 3. The van der Waals surface area contributed by atoms with Crippen molar-refractivity contribution in [2.24, 2.45) is 0 Å². The lowest BCUT2D eigenvalue weighted by molar-refractivity contribution is -0.0193. The number of pyridine rings is 1. The number of nitrogens with zero attached hydrogens (tertiary/aromatic N) is 2. The molecular weight excluding hydrogens is 370 g/mol. The van der Waals surface area contributed by atoms with Crippen LogP contribution >= 0.6 is 15.9 Å². The number of aromatic nitrogens is 1. The highest BCUT2D eigenvalue weighted by molar-refractivity contribution is 9.10. The molecule has 0 atom stereocenters. The molecule has 2 amide bonds. The van der Waals surface area contributed by atoms with Gasteiger partial charge in [-0.2, -0.15) is 0 Å². The lowest BCUT2D eigenvalue weighted by Crippen LogP contribution is -2.47. The largest absolute Gasteiger partial charge is 0.383 e. The van der Waals surface area contributed by atoms with Gasteiger partial charge in [0.15, 0.2) is 0 Å². The van der Waals surface area contributed by atoms with Crippen molar-refractivity contribution in [3.63, 3.8) is 0 Å². The summed E-state index contributed by atoms with van der Waals surface area (Å²) < 4.78 is 0.916. The third kappa shape index (κ3) is 3.76. The van der Waals surface area contributed by atoms with Gasteiger partial charge in [-0.25, -0.2) is 4.79 Å². The van der Waals surface area contributed by atoms with Crippen LogP contribution in [0.4, 0.5) is 10.5 Å². The van der Waals surface area contributed by atoms with Gasteiger partial charge in [0.1, 0.15) is 5.60 Å². The summed E-state index contributed by atoms with van der Waals surface area (Å²) in [7, 11) is 0. The van der Waals surface area contributed by atoms with Gasteiger partial charge >= 0.3 is 6.03 Å². The minimum absolute atomic E-state index is 0.146. The molecule has 1 fully saturated rings. The number of nitrogens with one attached hydrogen (secondary N) is 1. The molecule has 0 aliphatic carbocycles. The molecule has 0 bridgehead atoms. The molecule has 5 nitrogen and oxygen atoms in total. The zero-order chi connectivity index (χ0) is 17.2. The Morgan fingerprint density at radius 1 is 1.29 bits per heavy atom. The van der Waals surface area contributed by atoms with Gasteiger partial charge in [-0.3, -0.25) is 4.98 Å². The van der Waals surface area contributed by atoms with Gasteiger partial charge in [-0.15, -0.1) is 0 Å². The van der Waals surface area contributed by atoms with E-state index in [2.05, 4.69) is 26.2 Å². The first kappa shape index (κ1) is 16.9. The molecule has 126 valence electrons. The number of halogens is 1. The number of rotatable bonds is 2. The average molecular weight is 390 g/mol. The normalized spacial score (nSPS) is 16.7. The van der Waals surface area contributed by atoms with Gasteiger partial charge in [0.05, 0.1) is 5.69 Å². The Morgan fingerprint density at radius 3 is 2.67 bits per heavy atom. The number of carbonyl (C=O) groups excluding carboxylic acids is 1. The van der Waals surface area contributed by atoms with Gasteiger partial charge in [-0.05, 0) is 49.6 Å². The van der Waals surface area contributed by atoms with Crippen LogP contribution in [0.5, 0.6) is 0 Å². The highest BCUT2D eigenvalue weighted by Gasteiger charge is 2.36. The molecule has 0 unspecified atom stereocenters. The number of anilines is 1. The van der Waals surface area contributed by atoms with E-state index < -0.39 is 5.60 Å². The second kappa shape index (κ2) is 6.91. The van der Waals surface area contributed by atoms with Crippen LogP contribution in [0.3, 0.4) is 0 Å². The van der Waals surface area contributed by atoms with Gasteiger partial charge in [-0.1, -0.05) is 28.1 Å². The minimum Gasteiger partial charge on any atom is -0.383 e. The summed E-state index contributed by atoms with van der Waals surface area (Å²) in [6, 6.07) is 11.2. The molecule has 0 spiro atoms. The Bertz CT molecular complexity index is 725. The summed E-state index contributed by atoms with van der Waals surface area (Å²) in [5.74, 6) is 0. The van der Waals surface area contributed by atoms with E-state index in [1.807, 2.05) is 43.3 Å². The predicted molar refractivity (Wildman–Crippen MR) is 96.8 cm³/mol. The van der Waals surface area contributed by atoms with E-state index in [-0.39, 0.29) is 6.03 Å². The fourth-order valence-corrected chi connectivity index (χ4v) is 3.25. The van der Waals surface area contributed by atoms with E-state index in [0.29, 0.717) is 31.6 Å². The number of carbonyl (C=O) groups is 1. The van der Waals surface area contributed by atoms with Crippen molar-refractivity contribution in [2.45, 2.75) is 25.4 Å². The molecule has 1 aliphatic rings. The van der Waals surface area contributed by atoms with Crippen molar-refractivity contribution in [1.82, 2.24) is 9.88 Å². The van der Waals surface area contributed by atoms with Gasteiger partial charge in [0, 0.05) is 29.4 Å². The lowest BCUT2D eigenvalue weighted by atomic mass is 9.87. The van der Waals surface area contributed by atoms with Crippen LogP contribution < -0.4 is 5.32 Å². The van der Waals surface area contributed by atoms with Crippen molar-refractivity contribution < 1.29 is 9.90 Å². The Morgan fingerprint density at radius 2 is 2.04 bits per heavy atom. The maximum absolute atomic E-state index is 12.4. The molecule has 24 heavy (non-hydrogen) atoms. The first-order valence-corrected chi connectivity index (χ1v) is 8.73. The highest BCUT2D eigenvalue weighted by Crippen LogP contribution is 2.31. The van der Waals surface area contributed by atoms with Crippen LogP contribution in [0, 0.1) is 6.92 Å². The molecule has 2 heterocycles. The Kier molecular flexibility index (Phi) is 4.87. The van der Waals surface area contributed by atoms with Crippen molar-refractivity contribution in [1.29, 1.82) is 0 Å². The van der Waals surface area contributed by atoms with Crippen LogP contribution in [-0.2, 0) is 5.60 Å². The smallest absolute Gasteiger partial charge is 0.321 e. The van der Waals surface area contributed by atoms with E-state index in [0.717, 1.165) is 15.7 Å². The quantitative estimate of drug-likeness (QED) is 0.823. The summed E-state index contributed by atoms with van der Waals surface area (Å²) in [6.07, 6.45) is 2.73. The predicted octanol–water partition coefficient (Wildman–Crippen LogP) is 3.67. The van der Waals surface area contributed by atoms with Crippen molar-refractivity contribution >= 4 is 27.6 Å². The summed E-state index contributed by atoms with van der Waals surface area (Å²) in [5.41, 5.74) is 1.53. The summed E-state index contributed by atoms with van der Waals surface area (Å²) >= 11 is 3.39. The molecular formula is C18H20BrN3O2. The molecule has 6 heteroatoms. The Hall–Kier alpha value is -1.92. The van der Waals surface area contributed by atoms with Crippen molar-refractivity contribution in [3.05, 3.63) is 58.3 Å². The Labute approximate surface area is 149 Å². The van der Waals surface area contributed by atoms with Crippen molar-refractivity contribution in [2.75, 3.05) is 18.4 Å². The molecule has 0 radical (unpaired) electrons. The SMILES string of the molecule is Cc1ccc(C2(O)CCN(C(=O)Nc3cccc(Br)c3)CC2)nc1. The number of hydrogen-bond donors (Lipinski definition) is 2. The standard InChI is InChI=1S/C18H20BrN3O2/c1-13-5-6-16(20-12-13)18(24)7-9-22(10-8-18)17(23)21-15-4-2-3-14(19)11-15/h2-6,11-12,24H,7-10H2,1H3,(H,21,23). The van der Waals surface area contributed by atoms with Gasteiger partial charge in [0.2, 0.25) is 0 Å². The number of piperidine rings is 1. The number of aliphatic hydroxyl groups is 1. The fourth-order valence-electron chi connectivity index (χ4n) is 2.85. The number of likely N-dealkylation sites (tertiary alicyclic amines) is 1. The summed E-state index contributed by atoms with van der Waals surface area (Å²) in [4.78, 5) is 18.4. The van der Waals surface area contributed by atoms with Crippen LogP contribution in [0.25, 0.3) is 0 Å². The van der Waals surface area contributed by atoms with Gasteiger partial charge < -0.3 is 15.3 Å². The number of amides is 2. The van der Waals surface area contributed by atoms with Gasteiger partial charge in [0.25, 0.3) is 0 Å². The number of benzene rings is 1. The van der Waals surface area contributed by atoms with E-state index in [4.69, 9.17) is 0 Å². The monoisotopic (exact) mass is 389 g/mol. The van der Waals surface area contributed by atoms with Crippen LogP contribution in [0.1, 0.15) is 24.1 Å². The van der Waals surface area contributed by atoms with Crippen LogP contribution in [0.15, 0.2) is 47.1 Å². The first-order valence-electron chi connectivity index (χ1n) is 7.93. The highest BCUT2D eigenvalue weighted by atomic mass is 79.9. The molecule has 3 rings (SSSR count). The zero-order valence-electron chi connectivity index (χ0n) is 13.5. The maximum atomic E-state index is 12.4. The maximum Gasteiger partial charge on any atom is 0.321 e.